The number of Topliss-reactive ketones (excluding diaryl/α,β-unsaturated/α-hetero) is 1. The number of terminal acetylenes is 1. The Balaban J connectivity index is 1.47. The molecule has 3 saturated carbocycles. The Morgan fingerprint density at radius 1 is 1.13 bits per heavy atom. The van der Waals surface area contributed by atoms with Crippen LogP contribution in [0.1, 0.15) is 88.1 Å². The monoisotopic (exact) mass is 422 g/mol. The fourth-order valence-electron chi connectivity index (χ4n) is 8.42. The minimum Gasteiger partial charge on any atom is -0.458 e. The van der Waals surface area contributed by atoms with Crippen molar-refractivity contribution >= 4 is 11.8 Å². The number of carbonyl (C=O) groups excluding carboxylic acids is 2. The van der Waals surface area contributed by atoms with Crippen molar-refractivity contribution in [2.45, 2.75) is 84.7 Å². The number of esters is 1. The van der Waals surface area contributed by atoms with Gasteiger partial charge in [-0.1, -0.05) is 19.8 Å². The van der Waals surface area contributed by atoms with Crippen molar-refractivity contribution in [1.29, 1.82) is 0 Å². The lowest BCUT2D eigenvalue weighted by Gasteiger charge is -2.60. The van der Waals surface area contributed by atoms with Gasteiger partial charge in [0.25, 0.3) is 0 Å². The highest BCUT2D eigenvalue weighted by Crippen LogP contribution is 2.68. The van der Waals surface area contributed by atoms with E-state index in [0.717, 1.165) is 44.3 Å². The Kier molecular flexibility index (Phi) is 4.53. The van der Waals surface area contributed by atoms with E-state index in [-0.39, 0.29) is 22.6 Å². The Labute approximate surface area is 185 Å². The lowest BCUT2D eigenvalue weighted by Crippen LogP contribution is -2.57. The Hall–Kier alpha value is -2.02. The standard InChI is InChI=1S/C27H34O4/c1-6-27(31-17(3)29)12-10-22-20-8-7-19-14-24-18(13-23(30-24)16(2)28)15-25(19,4)21(20)9-11-26(22,27)5/h1,13,19-22H,7-12,14-15H2,2-5H3/t19-,20+,21-,22-,25-,26-,27-/m0/s1. The van der Waals surface area contributed by atoms with Crippen LogP contribution in [0.15, 0.2) is 10.5 Å². The van der Waals surface area contributed by atoms with Gasteiger partial charge in [-0.2, -0.15) is 0 Å². The summed E-state index contributed by atoms with van der Waals surface area (Å²) in [6.45, 7) is 7.83. The van der Waals surface area contributed by atoms with Gasteiger partial charge in [0, 0.05) is 25.7 Å². The smallest absolute Gasteiger partial charge is 0.304 e. The molecule has 4 heteroatoms. The molecule has 0 N–H and O–H groups in total. The van der Waals surface area contributed by atoms with Crippen molar-refractivity contribution in [3.8, 4) is 12.3 Å². The molecule has 0 aromatic carbocycles. The predicted octanol–water partition coefficient (Wildman–Crippen LogP) is 5.37. The number of hydrogen-bond donors (Lipinski definition) is 0. The predicted molar refractivity (Wildman–Crippen MR) is 117 cm³/mol. The molecule has 1 aromatic rings. The van der Waals surface area contributed by atoms with Crippen LogP contribution in [-0.2, 0) is 22.4 Å². The summed E-state index contributed by atoms with van der Waals surface area (Å²) in [5, 5.41) is 0. The molecule has 166 valence electrons. The number of ether oxygens (including phenoxy) is 1. The van der Waals surface area contributed by atoms with Gasteiger partial charge in [0.2, 0.25) is 0 Å². The highest BCUT2D eigenvalue weighted by molar-refractivity contribution is 5.91. The van der Waals surface area contributed by atoms with Crippen molar-refractivity contribution in [1.82, 2.24) is 0 Å². The minimum absolute atomic E-state index is 0.0101. The Bertz CT molecular complexity index is 982. The van der Waals surface area contributed by atoms with Crippen LogP contribution in [0.3, 0.4) is 0 Å². The van der Waals surface area contributed by atoms with Gasteiger partial charge in [-0.15, -0.1) is 6.42 Å². The zero-order chi connectivity index (χ0) is 22.2. The fraction of sp³-hybridized carbons (Fsp3) is 0.704. The van der Waals surface area contributed by atoms with E-state index >= 15 is 0 Å². The molecule has 4 nitrogen and oxygen atoms in total. The molecule has 7 atom stereocenters. The van der Waals surface area contributed by atoms with Crippen LogP contribution < -0.4 is 0 Å². The van der Waals surface area contributed by atoms with Gasteiger partial charge < -0.3 is 9.15 Å². The summed E-state index contributed by atoms with van der Waals surface area (Å²) >= 11 is 0. The van der Waals surface area contributed by atoms with Gasteiger partial charge in [-0.25, -0.2) is 0 Å². The Morgan fingerprint density at radius 2 is 1.87 bits per heavy atom. The van der Waals surface area contributed by atoms with Crippen molar-refractivity contribution in [2.24, 2.45) is 34.5 Å². The van der Waals surface area contributed by atoms with Gasteiger partial charge in [0.1, 0.15) is 5.76 Å². The van der Waals surface area contributed by atoms with E-state index in [4.69, 9.17) is 15.6 Å². The zero-order valence-electron chi connectivity index (χ0n) is 19.3. The summed E-state index contributed by atoms with van der Waals surface area (Å²) < 4.78 is 11.8. The van der Waals surface area contributed by atoms with E-state index < -0.39 is 5.60 Å². The van der Waals surface area contributed by atoms with E-state index in [0.29, 0.717) is 29.4 Å². The summed E-state index contributed by atoms with van der Waals surface area (Å²) in [5.41, 5.74) is 0.558. The number of carbonyl (C=O) groups is 2. The molecular formula is C27H34O4. The molecule has 0 bridgehead atoms. The van der Waals surface area contributed by atoms with Crippen molar-refractivity contribution in [3.05, 3.63) is 23.2 Å². The number of ketones is 1. The average molecular weight is 423 g/mol. The maximum Gasteiger partial charge on any atom is 0.304 e. The minimum atomic E-state index is -0.757. The molecule has 3 fully saturated rings. The molecule has 1 aromatic heterocycles. The average Bonchev–Trinajstić information content (AvgIpc) is 3.24. The normalized spacial score (nSPS) is 43.1. The first-order chi connectivity index (χ1) is 14.6. The van der Waals surface area contributed by atoms with Crippen molar-refractivity contribution < 1.29 is 18.7 Å². The molecule has 0 saturated heterocycles. The molecule has 0 unspecified atom stereocenters. The number of furan rings is 1. The molecule has 0 aliphatic heterocycles. The maximum absolute atomic E-state index is 11.9. The highest BCUT2D eigenvalue weighted by Gasteiger charge is 2.66. The number of rotatable bonds is 2. The van der Waals surface area contributed by atoms with Crippen LogP contribution in [0.25, 0.3) is 0 Å². The van der Waals surface area contributed by atoms with E-state index in [2.05, 4.69) is 19.8 Å². The van der Waals surface area contributed by atoms with Crippen LogP contribution in [0.5, 0.6) is 0 Å². The van der Waals surface area contributed by atoms with Crippen LogP contribution in [0, 0.1) is 46.8 Å². The molecular weight excluding hydrogens is 388 g/mol. The number of hydrogen-bond acceptors (Lipinski definition) is 4. The third-order valence-corrected chi connectivity index (χ3v) is 9.98. The van der Waals surface area contributed by atoms with Gasteiger partial charge in [0.15, 0.2) is 17.1 Å². The van der Waals surface area contributed by atoms with E-state index in [1.54, 1.807) is 6.92 Å². The summed E-state index contributed by atoms with van der Waals surface area (Å²) in [4.78, 5) is 23.8. The quantitative estimate of drug-likeness (QED) is 0.365. The second kappa shape index (κ2) is 6.74. The number of fused-ring (bicyclic) bond motifs is 6. The molecule has 5 rings (SSSR count). The molecule has 4 aliphatic carbocycles. The molecule has 31 heavy (non-hydrogen) atoms. The molecule has 0 radical (unpaired) electrons. The topological polar surface area (TPSA) is 56.5 Å². The van der Waals surface area contributed by atoms with Gasteiger partial charge >= 0.3 is 5.97 Å². The molecule has 4 aliphatic rings. The SMILES string of the molecule is C#C[C@]1(OC(C)=O)CC[C@H]2[C@@H]3CC[C@H]4Cc5oc(C(C)=O)cc5C[C@]4(C)[C@H]3CC[C@@]21C. The van der Waals surface area contributed by atoms with Gasteiger partial charge in [-0.3, -0.25) is 9.59 Å². The lowest BCUT2D eigenvalue weighted by molar-refractivity contribution is -0.172. The summed E-state index contributed by atoms with van der Waals surface area (Å²) in [6, 6.07) is 2.00. The maximum atomic E-state index is 11.9. The molecule has 1 heterocycles. The van der Waals surface area contributed by atoms with Crippen molar-refractivity contribution in [3.63, 3.8) is 0 Å². The van der Waals surface area contributed by atoms with E-state index in [1.165, 1.54) is 25.3 Å². The fourth-order valence-corrected chi connectivity index (χ4v) is 8.42. The highest BCUT2D eigenvalue weighted by atomic mass is 16.6. The molecule has 0 amide bonds. The van der Waals surface area contributed by atoms with E-state index in [9.17, 15) is 9.59 Å². The van der Waals surface area contributed by atoms with Crippen LogP contribution in [-0.4, -0.2) is 17.4 Å². The third kappa shape index (κ3) is 2.74. The largest absolute Gasteiger partial charge is 0.458 e. The van der Waals surface area contributed by atoms with Gasteiger partial charge in [0.05, 0.1) is 0 Å². The van der Waals surface area contributed by atoms with Crippen LogP contribution in [0.4, 0.5) is 0 Å². The molecule has 0 spiro atoms. The lowest BCUT2D eigenvalue weighted by atomic mass is 9.44. The first kappa shape index (κ1) is 20.9. The second-order valence-corrected chi connectivity index (χ2v) is 11.2. The zero-order valence-corrected chi connectivity index (χ0v) is 19.3. The van der Waals surface area contributed by atoms with Gasteiger partial charge in [-0.05, 0) is 85.7 Å². The second-order valence-electron chi connectivity index (χ2n) is 11.2. The first-order valence-electron chi connectivity index (χ1n) is 11.9. The van der Waals surface area contributed by atoms with Crippen molar-refractivity contribution in [2.75, 3.05) is 0 Å². The van der Waals surface area contributed by atoms with Crippen LogP contribution in [0.2, 0.25) is 0 Å². The summed E-state index contributed by atoms with van der Waals surface area (Å²) in [6.07, 6.45) is 14.3. The summed E-state index contributed by atoms with van der Waals surface area (Å²) in [5.74, 6) is 6.59. The third-order valence-electron chi connectivity index (χ3n) is 9.98. The first-order valence-corrected chi connectivity index (χ1v) is 11.9. The summed E-state index contributed by atoms with van der Waals surface area (Å²) in [7, 11) is 0. The van der Waals surface area contributed by atoms with Crippen LogP contribution >= 0.6 is 0 Å². The van der Waals surface area contributed by atoms with E-state index in [1.807, 2.05) is 6.07 Å². The Morgan fingerprint density at radius 3 is 2.55 bits per heavy atom.